The molecule has 4 heterocycles. The highest BCUT2D eigenvalue weighted by Gasteiger charge is 2.29. The first-order valence-corrected chi connectivity index (χ1v) is 12.3. The summed E-state index contributed by atoms with van der Waals surface area (Å²) in [5.41, 5.74) is 5.33. The monoisotopic (exact) mass is 531 g/mol. The van der Waals surface area contributed by atoms with Gasteiger partial charge in [0.05, 0.1) is 6.54 Å². The third kappa shape index (κ3) is 5.04. The van der Waals surface area contributed by atoms with Gasteiger partial charge in [0.1, 0.15) is 17.5 Å². The number of hydrogen-bond donors (Lipinski definition) is 2. The van der Waals surface area contributed by atoms with Crippen LogP contribution in [0.2, 0.25) is 0 Å². The number of fused-ring (bicyclic) bond motifs is 1. The van der Waals surface area contributed by atoms with E-state index in [0.717, 1.165) is 19.6 Å². The molecule has 1 atom stereocenters. The van der Waals surface area contributed by atoms with Crippen molar-refractivity contribution in [3.63, 3.8) is 0 Å². The van der Waals surface area contributed by atoms with Crippen molar-refractivity contribution in [3.8, 4) is 34.1 Å². The highest BCUT2D eigenvalue weighted by Crippen LogP contribution is 2.40. The number of halogens is 2. The lowest BCUT2D eigenvalue weighted by atomic mass is 10.0. The van der Waals surface area contributed by atoms with Crippen LogP contribution in [0.4, 0.5) is 14.6 Å². The number of benzene rings is 2. The topological polar surface area (TPSA) is 111 Å². The molecule has 1 saturated heterocycles. The lowest BCUT2D eigenvalue weighted by molar-refractivity contribution is 0.0998. The maximum Gasteiger partial charge on any atom is 0.254 e. The molecule has 2 aromatic heterocycles. The number of rotatable bonds is 7. The van der Waals surface area contributed by atoms with Crippen LogP contribution in [-0.2, 0) is 0 Å². The zero-order chi connectivity index (χ0) is 27.1. The largest absolute Gasteiger partial charge is 0.480 e. The summed E-state index contributed by atoms with van der Waals surface area (Å²) >= 11 is 0. The molecule has 1 amide bonds. The molecular weight excluding hydrogens is 508 g/mol. The van der Waals surface area contributed by atoms with Crippen LogP contribution in [0.3, 0.4) is 0 Å². The van der Waals surface area contributed by atoms with Crippen molar-refractivity contribution in [1.82, 2.24) is 14.5 Å². The van der Waals surface area contributed by atoms with Crippen LogP contribution in [0.25, 0.3) is 16.8 Å². The molecule has 9 nitrogen and oxygen atoms in total. The van der Waals surface area contributed by atoms with Gasteiger partial charge in [-0.2, -0.15) is 0 Å². The number of nitrogens with two attached hydrogens (primary N) is 1. The van der Waals surface area contributed by atoms with Crippen LogP contribution in [-0.4, -0.2) is 52.6 Å². The van der Waals surface area contributed by atoms with Crippen LogP contribution in [0.1, 0.15) is 10.4 Å². The first kappa shape index (κ1) is 24.6. The van der Waals surface area contributed by atoms with Gasteiger partial charge in [-0.05, 0) is 29.8 Å². The molecule has 39 heavy (non-hydrogen) atoms. The summed E-state index contributed by atoms with van der Waals surface area (Å²) < 4.78 is 42.1. The van der Waals surface area contributed by atoms with Crippen molar-refractivity contribution < 1.29 is 23.0 Å². The maximum absolute atomic E-state index is 15.3. The van der Waals surface area contributed by atoms with E-state index in [0.29, 0.717) is 35.1 Å². The number of amides is 1. The number of aromatic nitrogens is 2. The van der Waals surface area contributed by atoms with Gasteiger partial charge in [-0.25, -0.2) is 13.8 Å². The summed E-state index contributed by atoms with van der Waals surface area (Å²) in [5, 5.41) is 3.23. The van der Waals surface area contributed by atoms with Crippen LogP contribution < -0.4 is 26.0 Å². The summed E-state index contributed by atoms with van der Waals surface area (Å²) in [7, 11) is 0. The fourth-order valence-electron chi connectivity index (χ4n) is 4.40. The van der Waals surface area contributed by atoms with Gasteiger partial charge in [-0.3, -0.25) is 14.5 Å². The molecule has 0 aliphatic carbocycles. The standard InChI is InChI=1S/C28H23F2N5O4/c29-17-3-1-16(2-4-17)20-14-35(15-21(25(20)36)27(31)37)18-5-6-23(22(30)11-18)39-24-7-8-32-28-26(24)38-19(12-33-28)13-34-9-10-34/h1-8,11,14-15,19H,9-10,12-13H2,(H2,31,37)(H,32,33). The number of pyridine rings is 2. The van der Waals surface area contributed by atoms with E-state index in [-0.39, 0.29) is 23.0 Å². The molecule has 2 aliphatic heterocycles. The van der Waals surface area contributed by atoms with Gasteiger partial charge in [0.15, 0.2) is 23.1 Å². The summed E-state index contributed by atoms with van der Waals surface area (Å²) in [4.78, 5) is 31.4. The van der Waals surface area contributed by atoms with Crippen molar-refractivity contribution in [1.29, 1.82) is 0 Å². The van der Waals surface area contributed by atoms with Crippen molar-refractivity contribution >= 4 is 11.7 Å². The number of nitrogens with one attached hydrogen (secondary N) is 1. The number of carbonyl (C=O) groups excluding carboxylic acids is 1. The SMILES string of the molecule is NC(=O)c1cn(-c2ccc(Oc3ccnc4c3OC(CN3CC3)CN4)c(F)c2)cc(-c2ccc(F)cc2)c1=O. The van der Waals surface area contributed by atoms with Gasteiger partial charge < -0.3 is 25.1 Å². The van der Waals surface area contributed by atoms with Crippen molar-refractivity contribution in [2.75, 3.05) is 31.5 Å². The Bertz CT molecular complexity index is 1640. The number of carbonyl (C=O) groups is 1. The van der Waals surface area contributed by atoms with Gasteiger partial charge in [0, 0.05) is 61.6 Å². The summed E-state index contributed by atoms with van der Waals surface area (Å²) in [5.74, 6) is -0.917. The molecule has 198 valence electrons. The number of nitrogens with zero attached hydrogens (tertiary/aromatic N) is 3. The maximum atomic E-state index is 15.3. The van der Waals surface area contributed by atoms with E-state index in [4.69, 9.17) is 15.2 Å². The summed E-state index contributed by atoms with van der Waals surface area (Å²) in [6, 6.07) is 11.0. The van der Waals surface area contributed by atoms with Gasteiger partial charge >= 0.3 is 0 Å². The minimum Gasteiger partial charge on any atom is -0.480 e. The first-order chi connectivity index (χ1) is 18.9. The average Bonchev–Trinajstić information content (AvgIpc) is 3.75. The van der Waals surface area contributed by atoms with E-state index in [9.17, 15) is 14.0 Å². The van der Waals surface area contributed by atoms with Crippen molar-refractivity contribution in [2.45, 2.75) is 6.10 Å². The molecule has 0 spiro atoms. The Hall–Kier alpha value is -4.77. The fraction of sp³-hybridized carbons (Fsp3) is 0.179. The Morgan fingerprint density at radius 2 is 1.90 bits per heavy atom. The third-order valence-corrected chi connectivity index (χ3v) is 6.53. The van der Waals surface area contributed by atoms with Crippen LogP contribution in [0.15, 0.2) is 71.9 Å². The van der Waals surface area contributed by atoms with Crippen molar-refractivity contribution in [3.05, 3.63) is 94.5 Å². The Morgan fingerprint density at radius 3 is 2.62 bits per heavy atom. The zero-order valence-electron chi connectivity index (χ0n) is 20.6. The van der Waals surface area contributed by atoms with E-state index in [1.54, 1.807) is 18.3 Å². The minimum atomic E-state index is -0.939. The molecular formula is C28H23F2N5O4. The highest BCUT2D eigenvalue weighted by molar-refractivity contribution is 5.93. The normalized spacial score (nSPS) is 16.1. The smallest absolute Gasteiger partial charge is 0.254 e. The molecule has 0 bridgehead atoms. The van der Waals surface area contributed by atoms with Gasteiger partial charge in [-0.1, -0.05) is 12.1 Å². The highest BCUT2D eigenvalue weighted by atomic mass is 19.1. The molecule has 6 rings (SSSR count). The van der Waals surface area contributed by atoms with E-state index in [1.807, 2.05) is 0 Å². The Morgan fingerprint density at radius 1 is 1.10 bits per heavy atom. The lowest BCUT2D eigenvalue weighted by Gasteiger charge is -2.28. The molecule has 3 N–H and O–H groups in total. The lowest BCUT2D eigenvalue weighted by Crippen LogP contribution is -2.36. The zero-order valence-corrected chi connectivity index (χ0v) is 20.6. The van der Waals surface area contributed by atoms with Gasteiger partial charge in [-0.15, -0.1) is 0 Å². The van der Waals surface area contributed by atoms with E-state index in [2.05, 4.69) is 15.2 Å². The molecule has 2 aromatic carbocycles. The van der Waals surface area contributed by atoms with Gasteiger partial charge in [0.25, 0.3) is 5.91 Å². The quantitative estimate of drug-likeness (QED) is 0.351. The van der Waals surface area contributed by atoms with Crippen molar-refractivity contribution in [2.24, 2.45) is 5.73 Å². The second-order valence-corrected chi connectivity index (χ2v) is 9.32. The number of ether oxygens (including phenoxy) is 2. The Labute approximate surface area is 221 Å². The molecule has 2 aliphatic rings. The van der Waals surface area contributed by atoms with Gasteiger partial charge in [0.2, 0.25) is 11.2 Å². The minimum absolute atomic E-state index is 0.0567. The number of hydrogen-bond acceptors (Lipinski definition) is 7. The fourth-order valence-corrected chi connectivity index (χ4v) is 4.40. The Balaban J connectivity index is 1.32. The van der Waals surface area contributed by atoms with Crippen LogP contribution in [0.5, 0.6) is 17.2 Å². The first-order valence-electron chi connectivity index (χ1n) is 12.3. The summed E-state index contributed by atoms with van der Waals surface area (Å²) in [6.07, 6.45) is 4.13. The number of anilines is 1. The second kappa shape index (κ2) is 9.84. The Kier molecular flexibility index (Phi) is 6.20. The number of primary amides is 1. The molecule has 1 fully saturated rings. The third-order valence-electron chi connectivity index (χ3n) is 6.53. The van der Waals surface area contributed by atoms with Crippen LogP contribution >= 0.6 is 0 Å². The molecule has 0 saturated carbocycles. The average molecular weight is 532 g/mol. The predicted octanol–water partition coefficient (Wildman–Crippen LogP) is 3.56. The van der Waals surface area contributed by atoms with E-state index in [1.165, 1.54) is 53.4 Å². The summed E-state index contributed by atoms with van der Waals surface area (Å²) in [6.45, 7) is 3.47. The van der Waals surface area contributed by atoms with Crippen LogP contribution in [0, 0.1) is 11.6 Å². The molecule has 4 aromatic rings. The molecule has 11 heteroatoms. The van der Waals surface area contributed by atoms with E-state index >= 15 is 4.39 Å². The predicted molar refractivity (Wildman–Crippen MR) is 140 cm³/mol. The molecule has 1 unspecified atom stereocenters. The second-order valence-electron chi connectivity index (χ2n) is 9.32. The molecule has 0 radical (unpaired) electrons. The van der Waals surface area contributed by atoms with E-state index < -0.39 is 23.0 Å².